The van der Waals surface area contributed by atoms with Crippen molar-refractivity contribution in [2.75, 3.05) is 18.0 Å². The zero-order valence-corrected chi connectivity index (χ0v) is 13.2. The predicted octanol–water partition coefficient (Wildman–Crippen LogP) is 4.77. The molecule has 0 aliphatic rings. The van der Waals surface area contributed by atoms with E-state index >= 15 is 0 Å². The lowest BCUT2D eigenvalue weighted by atomic mass is 10.1. The van der Waals surface area contributed by atoms with E-state index in [-0.39, 0.29) is 6.04 Å². The van der Waals surface area contributed by atoms with Gasteiger partial charge in [-0.25, -0.2) is 0 Å². The Hall–Kier alpha value is -0.730. The number of hydrogen-bond donors (Lipinski definition) is 1. The predicted molar refractivity (Wildman–Crippen MR) is 86.1 cm³/mol. The largest absolute Gasteiger partial charge is 0.371 e. The summed E-state index contributed by atoms with van der Waals surface area (Å²) in [5, 5.41) is 0.783. The van der Waals surface area contributed by atoms with Crippen LogP contribution in [0.5, 0.6) is 0 Å². The Kier molecular flexibility index (Phi) is 7.25. The number of nitrogens with zero attached hydrogens (tertiary/aromatic N) is 1. The van der Waals surface area contributed by atoms with Gasteiger partial charge in [-0.2, -0.15) is 0 Å². The smallest absolute Gasteiger partial charge is 0.0474 e. The fourth-order valence-electron chi connectivity index (χ4n) is 2.15. The van der Waals surface area contributed by atoms with E-state index in [0.29, 0.717) is 0 Å². The van der Waals surface area contributed by atoms with E-state index in [0.717, 1.165) is 23.7 Å². The average Bonchev–Trinajstić information content (AvgIpc) is 2.38. The summed E-state index contributed by atoms with van der Waals surface area (Å²) in [5.41, 5.74) is 8.15. The Morgan fingerprint density at radius 1 is 1.16 bits per heavy atom. The van der Waals surface area contributed by atoms with Crippen molar-refractivity contribution in [2.24, 2.45) is 5.73 Å². The molecule has 19 heavy (non-hydrogen) atoms. The van der Waals surface area contributed by atoms with Crippen molar-refractivity contribution >= 4 is 17.3 Å². The summed E-state index contributed by atoms with van der Waals surface area (Å²) in [6, 6.07) is 6.26. The van der Waals surface area contributed by atoms with Crippen molar-refractivity contribution in [3.8, 4) is 0 Å². The minimum atomic E-state index is -0.0127. The molecule has 0 spiro atoms. The monoisotopic (exact) mass is 282 g/mol. The number of benzene rings is 1. The summed E-state index contributed by atoms with van der Waals surface area (Å²) >= 11 is 6.33. The number of halogens is 1. The number of rotatable bonds is 8. The van der Waals surface area contributed by atoms with Gasteiger partial charge in [-0.3, -0.25) is 0 Å². The van der Waals surface area contributed by atoms with Crippen LogP contribution in [-0.4, -0.2) is 13.1 Å². The first-order valence-corrected chi connectivity index (χ1v) is 7.77. The van der Waals surface area contributed by atoms with Gasteiger partial charge in [0.25, 0.3) is 0 Å². The highest BCUT2D eigenvalue weighted by Crippen LogP contribution is 2.27. The normalized spacial score (nSPS) is 12.5. The van der Waals surface area contributed by atoms with Gasteiger partial charge in [0.1, 0.15) is 0 Å². The van der Waals surface area contributed by atoms with Crippen molar-refractivity contribution in [1.29, 1.82) is 0 Å². The average molecular weight is 283 g/mol. The number of nitrogens with two attached hydrogens (primary N) is 1. The van der Waals surface area contributed by atoms with Gasteiger partial charge in [0, 0.05) is 29.8 Å². The van der Waals surface area contributed by atoms with Crippen LogP contribution in [0.1, 0.15) is 58.1 Å². The van der Waals surface area contributed by atoms with Crippen LogP contribution in [0.2, 0.25) is 5.02 Å². The molecule has 1 atom stereocenters. The Morgan fingerprint density at radius 3 is 2.16 bits per heavy atom. The molecule has 2 N–H and O–H groups in total. The number of unbranched alkanes of at least 4 members (excludes halogenated alkanes) is 2. The molecule has 1 aromatic rings. The van der Waals surface area contributed by atoms with Crippen LogP contribution in [0.25, 0.3) is 0 Å². The molecule has 0 amide bonds. The highest BCUT2D eigenvalue weighted by Gasteiger charge is 2.10. The molecular formula is C16H27ClN2. The molecule has 0 saturated heterocycles. The van der Waals surface area contributed by atoms with E-state index < -0.39 is 0 Å². The second-order valence-corrected chi connectivity index (χ2v) is 5.60. The maximum atomic E-state index is 6.33. The zero-order valence-electron chi connectivity index (χ0n) is 12.5. The molecule has 108 valence electrons. The molecule has 1 aromatic carbocycles. The highest BCUT2D eigenvalue weighted by molar-refractivity contribution is 6.31. The Morgan fingerprint density at radius 2 is 1.74 bits per heavy atom. The maximum absolute atomic E-state index is 6.33. The summed E-state index contributed by atoms with van der Waals surface area (Å²) in [6.07, 6.45) is 4.87. The molecule has 0 bridgehead atoms. The SMILES string of the molecule is CCCCN(CCCC)c1ccc(C(C)N)c(Cl)c1. The number of hydrogen-bond acceptors (Lipinski definition) is 2. The number of anilines is 1. The third kappa shape index (κ3) is 5.04. The molecule has 0 saturated carbocycles. The Labute approximate surface area is 122 Å². The topological polar surface area (TPSA) is 29.3 Å². The minimum absolute atomic E-state index is 0.0127. The Balaban J connectivity index is 2.85. The maximum Gasteiger partial charge on any atom is 0.0474 e. The first-order valence-electron chi connectivity index (χ1n) is 7.40. The highest BCUT2D eigenvalue weighted by atomic mass is 35.5. The molecule has 0 heterocycles. The third-order valence-corrected chi connectivity index (χ3v) is 3.73. The first-order chi connectivity index (χ1) is 9.10. The standard InChI is InChI=1S/C16H27ClN2/c1-4-6-10-19(11-7-5-2)14-8-9-15(13(3)18)16(17)12-14/h8-9,12-13H,4-7,10-11,18H2,1-3H3. The van der Waals surface area contributed by atoms with Crippen molar-refractivity contribution in [3.05, 3.63) is 28.8 Å². The van der Waals surface area contributed by atoms with Gasteiger partial charge in [0.2, 0.25) is 0 Å². The molecule has 0 aliphatic heterocycles. The molecule has 1 unspecified atom stereocenters. The van der Waals surface area contributed by atoms with Crippen molar-refractivity contribution in [3.63, 3.8) is 0 Å². The van der Waals surface area contributed by atoms with Crippen LogP contribution in [-0.2, 0) is 0 Å². The van der Waals surface area contributed by atoms with E-state index in [1.54, 1.807) is 0 Å². The summed E-state index contributed by atoms with van der Waals surface area (Å²) < 4.78 is 0. The van der Waals surface area contributed by atoms with Crippen LogP contribution < -0.4 is 10.6 Å². The lowest BCUT2D eigenvalue weighted by Gasteiger charge is -2.25. The third-order valence-electron chi connectivity index (χ3n) is 3.40. The fraction of sp³-hybridized carbons (Fsp3) is 0.625. The summed E-state index contributed by atoms with van der Waals surface area (Å²) in [7, 11) is 0. The second-order valence-electron chi connectivity index (χ2n) is 5.19. The lowest BCUT2D eigenvalue weighted by Crippen LogP contribution is -2.25. The van der Waals surface area contributed by atoms with Gasteiger partial charge < -0.3 is 10.6 Å². The van der Waals surface area contributed by atoms with Crippen LogP contribution in [0.15, 0.2) is 18.2 Å². The second kappa shape index (κ2) is 8.44. The van der Waals surface area contributed by atoms with E-state index in [4.69, 9.17) is 17.3 Å². The lowest BCUT2D eigenvalue weighted by molar-refractivity contribution is 0.677. The molecule has 1 rings (SSSR count). The van der Waals surface area contributed by atoms with Gasteiger partial charge in [0.15, 0.2) is 0 Å². The van der Waals surface area contributed by atoms with Gasteiger partial charge in [0.05, 0.1) is 0 Å². The van der Waals surface area contributed by atoms with Gasteiger partial charge >= 0.3 is 0 Å². The van der Waals surface area contributed by atoms with E-state index in [2.05, 4.69) is 36.9 Å². The van der Waals surface area contributed by atoms with Gasteiger partial charge in [-0.05, 0) is 37.5 Å². The van der Waals surface area contributed by atoms with Gasteiger partial charge in [-0.1, -0.05) is 44.4 Å². The van der Waals surface area contributed by atoms with E-state index in [9.17, 15) is 0 Å². The fourth-order valence-corrected chi connectivity index (χ4v) is 2.50. The van der Waals surface area contributed by atoms with Crippen LogP contribution in [0.4, 0.5) is 5.69 Å². The molecule has 0 aliphatic carbocycles. The molecule has 2 nitrogen and oxygen atoms in total. The first kappa shape index (κ1) is 16.3. The molecule has 3 heteroatoms. The van der Waals surface area contributed by atoms with Crippen LogP contribution in [0.3, 0.4) is 0 Å². The minimum Gasteiger partial charge on any atom is -0.371 e. The van der Waals surface area contributed by atoms with E-state index in [1.165, 1.54) is 31.4 Å². The molecule has 0 aromatic heterocycles. The molecular weight excluding hydrogens is 256 g/mol. The summed E-state index contributed by atoms with van der Waals surface area (Å²) in [6.45, 7) is 8.62. The molecule has 0 radical (unpaired) electrons. The zero-order chi connectivity index (χ0) is 14.3. The molecule has 0 fully saturated rings. The van der Waals surface area contributed by atoms with Crippen molar-refractivity contribution in [1.82, 2.24) is 0 Å². The van der Waals surface area contributed by atoms with Crippen molar-refractivity contribution < 1.29 is 0 Å². The van der Waals surface area contributed by atoms with Gasteiger partial charge in [-0.15, -0.1) is 0 Å². The Bertz CT molecular complexity index is 369. The van der Waals surface area contributed by atoms with Crippen LogP contribution >= 0.6 is 11.6 Å². The quantitative estimate of drug-likeness (QED) is 0.744. The summed E-state index contributed by atoms with van der Waals surface area (Å²) in [5.74, 6) is 0. The van der Waals surface area contributed by atoms with Crippen molar-refractivity contribution in [2.45, 2.75) is 52.5 Å². The van der Waals surface area contributed by atoms with E-state index in [1.807, 2.05) is 6.92 Å². The summed E-state index contributed by atoms with van der Waals surface area (Å²) in [4.78, 5) is 2.43. The van der Waals surface area contributed by atoms with Crippen LogP contribution in [0, 0.1) is 0 Å².